The second-order valence-corrected chi connectivity index (χ2v) is 10.5. The molecule has 0 radical (unpaired) electrons. The van der Waals surface area contributed by atoms with Crippen molar-refractivity contribution >= 4 is 56.1 Å². The zero-order valence-electron chi connectivity index (χ0n) is 18.9. The van der Waals surface area contributed by atoms with Gasteiger partial charge in [0, 0.05) is 19.3 Å². The molecule has 1 N–H and O–H groups in total. The van der Waals surface area contributed by atoms with Crippen molar-refractivity contribution < 1.29 is 17.8 Å². The summed E-state index contributed by atoms with van der Waals surface area (Å²) < 4.78 is 31.5. The molecule has 0 unspecified atom stereocenters. The summed E-state index contributed by atoms with van der Waals surface area (Å²) in [6.45, 7) is 10.5. The Labute approximate surface area is 200 Å². The third-order valence-electron chi connectivity index (χ3n) is 5.26. The number of thioether (sulfide) groups is 1. The van der Waals surface area contributed by atoms with Crippen molar-refractivity contribution in [3.63, 3.8) is 0 Å². The minimum atomic E-state index is -4.03. The SMILES string of the molecule is CCN(CC)CC.CN1C(=O)C(=C2C=Cc3ccccc3N2CCCS(=O)(=O)O)SC1=S. The van der Waals surface area contributed by atoms with Crippen molar-refractivity contribution in [2.24, 2.45) is 0 Å². The number of thiocarbonyl (C=S) groups is 1. The first-order valence-electron chi connectivity index (χ1n) is 10.6. The van der Waals surface area contributed by atoms with E-state index in [-0.39, 0.29) is 18.1 Å². The van der Waals surface area contributed by atoms with Crippen molar-refractivity contribution in [1.29, 1.82) is 0 Å². The first kappa shape index (κ1) is 26.5. The van der Waals surface area contributed by atoms with Crippen molar-refractivity contribution in [2.75, 3.05) is 43.9 Å². The Bertz CT molecular complexity index is 996. The maximum absolute atomic E-state index is 12.5. The molecule has 1 aromatic rings. The molecule has 2 heterocycles. The van der Waals surface area contributed by atoms with Crippen molar-refractivity contribution in [3.05, 3.63) is 46.5 Å². The Hall–Kier alpha value is -1.72. The molecule has 2 aliphatic heterocycles. The second kappa shape index (κ2) is 11.9. The molecule has 1 amide bonds. The van der Waals surface area contributed by atoms with E-state index in [1.165, 1.54) is 36.3 Å². The largest absolute Gasteiger partial charge is 0.340 e. The fraction of sp³-hybridized carbons (Fsp3) is 0.455. The van der Waals surface area contributed by atoms with Gasteiger partial charge in [-0.15, -0.1) is 0 Å². The number of carbonyl (C=O) groups is 1. The monoisotopic (exact) mass is 497 g/mol. The van der Waals surface area contributed by atoms with Gasteiger partial charge in [-0.25, -0.2) is 0 Å². The average Bonchev–Trinajstić information content (AvgIpc) is 3.02. The average molecular weight is 498 g/mol. The van der Waals surface area contributed by atoms with Gasteiger partial charge in [0.15, 0.2) is 0 Å². The Morgan fingerprint density at radius 1 is 1.09 bits per heavy atom. The first-order chi connectivity index (χ1) is 15.1. The number of para-hydroxylation sites is 1. The van der Waals surface area contributed by atoms with E-state index in [0.29, 0.717) is 21.5 Å². The molecule has 2 aliphatic rings. The van der Waals surface area contributed by atoms with Gasteiger partial charge in [-0.2, -0.15) is 8.42 Å². The number of fused-ring (bicyclic) bond motifs is 1. The molecule has 0 aliphatic carbocycles. The standard InChI is InChI=1S/C16H16N2O4S3.C6H15N/c1-17-15(19)14(24-16(17)23)13-8-7-11-5-2-3-6-12(11)18(13)9-4-10-25(20,21)22;1-4-7(5-2)6-3/h2-3,5-8H,4,9-10H2,1H3,(H,20,21,22);4-6H2,1-3H3. The molecule has 0 aromatic heterocycles. The van der Waals surface area contributed by atoms with E-state index in [1.807, 2.05) is 41.3 Å². The van der Waals surface area contributed by atoms with E-state index in [0.717, 1.165) is 11.3 Å². The zero-order valence-corrected chi connectivity index (χ0v) is 21.4. The van der Waals surface area contributed by atoms with Gasteiger partial charge in [-0.05, 0) is 43.8 Å². The number of amides is 1. The summed E-state index contributed by atoms with van der Waals surface area (Å²) in [4.78, 5) is 18.7. The third-order valence-corrected chi connectivity index (χ3v) is 7.62. The van der Waals surface area contributed by atoms with E-state index in [1.54, 1.807) is 7.05 Å². The van der Waals surface area contributed by atoms with E-state index in [9.17, 15) is 13.2 Å². The van der Waals surface area contributed by atoms with Crippen molar-refractivity contribution in [3.8, 4) is 0 Å². The Morgan fingerprint density at radius 2 is 1.72 bits per heavy atom. The van der Waals surface area contributed by atoms with Crippen LogP contribution < -0.4 is 4.90 Å². The molecule has 176 valence electrons. The number of hydrogen-bond donors (Lipinski definition) is 1. The fourth-order valence-electron chi connectivity index (χ4n) is 3.37. The lowest BCUT2D eigenvalue weighted by molar-refractivity contribution is -0.121. The summed E-state index contributed by atoms with van der Waals surface area (Å²) in [5.74, 6) is -0.508. The van der Waals surface area contributed by atoms with E-state index >= 15 is 0 Å². The summed E-state index contributed by atoms with van der Waals surface area (Å²) in [6, 6.07) is 7.66. The predicted octanol–water partition coefficient (Wildman–Crippen LogP) is 3.85. The molecular formula is C22H31N3O4S3. The lowest BCUT2D eigenvalue weighted by Crippen LogP contribution is -2.30. The topological polar surface area (TPSA) is 81.2 Å². The lowest BCUT2D eigenvalue weighted by atomic mass is 10.1. The molecule has 0 bridgehead atoms. The van der Waals surface area contributed by atoms with Crippen LogP contribution in [0.25, 0.3) is 6.08 Å². The number of rotatable bonds is 7. The van der Waals surface area contributed by atoms with Crippen LogP contribution in [0.2, 0.25) is 0 Å². The first-order valence-corrected chi connectivity index (χ1v) is 13.4. The van der Waals surface area contributed by atoms with Crippen LogP contribution in [0.1, 0.15) is 32.8 Å². The summed E-state index contributed by atoms with van der Waals surface area (Å²) >= 11 is 6.43. The maximum atomic E-state index is 12.5. The maximum Gasteiger partial charge on any atom is 0.268 e. The number of anilines is 1. The minimum Gasteiger partial charge on any atom is -0.340 e. The molecule has 32 heavy (non-hydrogen) atoms. The number of hydrogen-bond acceptors (Lipinski definition) is 7. The van der Waals surface area contributed by atoms with Crippen LogP contribution in [0.15, 0.2) is 40.9 Å². The molecule has 1 saturated heterocycles. The molecule has 3 rings (SSSR count). The van der Waals surface area contributed by atoms with Crippen LogP contribution in [0.3, 0.4) is 0 Å². The number of nitrogens with zero attached hydrogens (tertiary/aromatic N) is 3. The van der Waals surface area contributed by atoms with Crippen LogP contribution in [0, 0.1) is 0 Å². The van der Waals surface area contributed by atoms with E-state index < -0.39 is 10.1 Å². The van der Waals surface area contributed by atoms with Crippen LogP contribution in [-0.2, 0) is 14.9 Å². The number of benzene rings is 1. The van der Waals surface area contributed by atoms with Crippen LogP contribution >= 0.6 is 24.0 Å². The normalized spacial score (nSPS) is 18.2. The quantitative estimate of drug-likeness (QED) is 0.346. The van der Waals surface area contributed by atoms with Gasteiger partial charge in [0.1, 0.15) is 9.23 Å². The summed E-state index contributed by atoms with van der Waals surface area (Å²) in [5, 5.41) is 0. The zero-order chi connectivity index (χ0) is 23.9. The fourth-order valence-corrected chi connectivity index (χ4v) is 5.10. The summed E-state index contributed by atoms with van der Waals surface area (Å²) in [6.07, 6.45) is 4.00. The van der Waals surface area contributed by atoms with Crippen molar-refractivity contribution in [2.45, 2.75) is 27.2 Å². The van der Waals surface area contributed by atoms with Gasteiger partial charge in [0.25, 0.3) is 16.0 Å². The van der Waals surface area contributed by atoms with Gasteiger partial charge in [-0.3, -0.25) is 14.2 Å². The Morgan fingerprint density at radius 3 is 2.22 bits per heavy atom. The van der Waals surface area contributed by atoms with Crippen LogP contribution in [0.4, 0.5) is 5.69 Å². The molecule has 0 saturated carbocycles. The molecule has 1 aromatic carbocycles. The molecule has 0 atom stereocenters. The van der Waals surface area contributed by atoms with Crippen LogP contribution in [0.5, 0.6) is 0 Å². The van der Waals surface area contributed by atoms with Gasteiger partial charge in [0.2, 0.25) is 0 Å². The van der Waals surface area contributed by atoms with Gasteiger partial charge in [0.05, 0.1) is 11.4 Å². The van der Waals surface area contributed by atoms with Crippen molar-refractivity contribution in [1.82, 2.24) is 9.80 Å². The highest BCUT2D eigenvalue weighted by Gasteiger charge is 2.34. The predicted molar refractivity (Wildman–Crippen MR) is 137 cm³/mol. The Balaban J connectivity index is 0.000000451. The van der Waals surface area contributed by atoms with Gasteiger partial charge < -0.3 is 9.80 Å². The van der Waals surface area contributed by atoms with Crippen LogP contribution in [-0.4, -0.2) is 72.0 Å². The highest BCUT2D eigenvalue weighted by atomic mass is 32.2. The summed E-state index contributed by atoms with van der Waals surface area (Å²) in [7, 11) is -2.40. The second-order valence-electron chi connectivity index (χ2n) is 7.25. The van der Waals surface area contributed by atoms with E-state index in [4.69, 9.17) is 16.8 Å². The molecule has 1 fully saturated rings. The Kier molecular flexibility index (Phi) is 9.90. The minimum absolute atomic E-state index is 0.172. The number of likely N-dealkylation sites (N-methyl/N-ethyl adjacent to an activating group) is 1. The lowest BCUT2D eigenvalue weighted by Gasteiger charge is -2.31. The number of carbonyl (C=O) groups excluding carboxylic acids is 1. The van der Waals surface area contributed by atoms with E-state index in [2.05, 4.69) is 25.7 Å². The number of allylic oxidation sites excluding steroid dienone is 1. The van der Waals surface area contributed by atoms with Gasteiger partial charge in [-0.1, -0.05) is 69.0 Å². The molecule has 0 spiro atoms. The third kappa shape index (κ3) is 6.89. The molecular weight excluding hydrogens is 466 g/mol. The molecule has 7 nitrogen and oxygen atoms in total. The smallest absolute Gasteiger partial charge is 0.268 e. The van der Waals surface area contributed by atoms with Gasteiger partial charge >= 0.3 is 0 Å². The summed E-state index contributed by atoms with van der Waals surface area (Å²) in [5.41, 5.74) is 2.55. The highest BCUT2D eigenvalue weighted by molar-refractivity contribution is 8.26. The molecule has 10 heteroatoms. The highest BCUT2D eigenvalue weighted by Crippen LogP contribution is 2.39.